The van der Waals surface area contributed by atoms with E-state index >= 15 is 0 Å². The molecule has 2 rings (SSSR count). The zero-order valence-corrected chi connectivity index (χ0v) is 11.0. The Labute approximate surface area is 115 Å². The summed E-state index contributed by atoms with van der Waals surface area (Å²) in [7, 11) is 0. The van der Waals surface area contributed by atoms with Crippen molar-refractivity contribution in [3.8, 4) is 0 Å². The molecule has 0 saturated carbocycles. The predicted octanol–water partition coefficient (Wildman–Crippen LogP) is 2.11. The number of nitro benzene ring substituents is 1. The Kier molecular flexibility index (Phi) is 4.41. The molecule has 0 aliphatic carbocycles. The van der Waals surface area contributed by atoms with E-state index in [1.165, 1.54) is 12.1 Å². The summed E-state index contributed by atoms with van der Waals surface area (Å²) in [5.74, 6) is -0.781. The topological polar surface area (TPSA) is 73.0 Å². The molecular formula is C13H15FN4O2. The summed E-state index contributed by atoms with van der Waals surface area (Å²) in [6.45, 7) is 2.82. The highest BCUT2D eigenvalue weighted by Crippen LogP contribution is 2.20. The molecule has 0 radical (unpaired) electrons. The third-order valence-electron chi connectivity index (χ3n) is 2.92. The summed E-state index contributed by atoms with van der Waals surface area (Å²) in [6, 6.07) is 6.07. The maximum absolute atomic E-state index is 13.9. The minimum absolute atomic E-state index is 0.0635. The van der Waals surface area contributed by atoms with Crippen molar-refractivity contribution in [1.82, 2.24) is 15.1 Å². The number of halogens is 1. The van der Waals surface area contributed by atoms with Crippen LogP contribution in [0.2, 0.25) is 0 Å². The van der Waals surface area contributed by atoms with Gasteiger partial charge in [-0.2, -0.15) is 9.49 Å². The first kappa shape index (κ1) is 14.1. The quantitative estimate of drug-likeness (QED) is 0.648. The van der Waals surface area contributed by atoms with Crippen LogP contribution < -0.4 is 5.32 Å². The smallest absolute Gasteiger partial charge is 0.305 e. The van der Waals surface area contributed by atoms with E-state index in [-0.39, 0.29) is 18.2 Å². The molecule has 1 unspecified atom stereocenters. The molecule has 0 aliphatic heterocycles. The van der Waals surface area contributed by atoms with Crippen molar-refractivity contribution in [2.75, 3.05) is 0 Å². The highest BCUT2D eigenvalue weighted by molar-refractivity contribution is 5.36. The predicted molar refractivity (Wildman–Crippen MR) is 71.6 cm³/mol. The normalized spacial score (nSPS) is 12.3. The van der Waals surface area contributed by atoms with Crippen LogP contribution in [0, 0.1) is 15.9 Å². The molecule has 0 aliphatic rings. The maximum atomic E-state index is 13.9. The second kappa shape index (κ2) is 6.25. The van der Waals surface area contributed by atoms with Crippen molar-refractivity contribution < 1.29 is 9.31 Å². The molecule has 7 heteroatoms. The third kappa shape index (κ3) is 3.39. The van der Waals surface area contributed by atoms with Gasteiger partial charge in [0, 0.05) is 36.6 Å². The fourth-order valence-corrected chi connectivity index (χ4v) is 1.88. The van der Waals surface area contributed by atoms with Crippen molar-refractivity contribution >= 4 is 5.69 Å². The van der Waals surface area contributed by atoms with E-state index in [1.807, 2.05) is 19.2 Å². The lowest BCUT2D eigenvalue weighted by molar-refractivity contribution is -0.387. The van der Waals surface area contributed by atoms with E-state index in [9.17, 15) is 14.5 Å². The van der Waals surface area contributed by atoms with Gasteiger partial charge in [0.05, 0.1) is 11.5 Å². The highest BCUT2D eigenvalue weighted by Gasteiger charge is 2.17. The molecule has 6 nitrogen and oxygen atoms in total. The van der Waals surface area contributed by atoms with Gasteiger partial charge in [-0.15, -0.1) is 0 Å². The van der Waals surface area contributed by atoms with Crippen molar-refractivity contribution in [2.45, 2.75) is 26.1 Å². The molecule has 2 aromatic rings. The van der Waals surface area contributed by atoms with Gasteiger partial charge < -0.3 is 5.32 Å². The van der Waals surface area contributed by atoms with E-state index in [4.69, 9.17) is 0 Å². The van der Waals surface area contributed by atoms with Crippen LogP contribution in [0.5, 0.6) is 0 Å². The van der Waals surface area contributed by atoms with E-state index in [1.54, 1.807) is 10.9 Å². The molecule has 0 bridgehead atoms. The molecule has 0 saturated heterocycles. The Bertz CT molecular complexity index is 586. The van der Waals surface area contributed by atoms with Gasteiger partial charge in [-0.1, -0.05) is 12.1 Å². The zero-order chi connectivity index (χ0) is 14.5. The summed E-state index contributed by atoms with van der Waals surface area (Å²) >= 11 is 0. The van der Waals surface area contributed by atoms with Crippen LogP contribution in [0.1, 0.15) is 12.5 Å². The van der Waals surface area contributed by atoms with Crippen molar-refractivity contribution in [1.29, 1.82) is 0 Å². The number of rotatable bonds is 6. The fourth-order valence-electron chi connectivity index (χ4n) is 1.88. The van der Waals surface area contributed by atoms with Crippen LogP contribution in [0.4, 0.5) is 10.1 Å². The molecule has 0 amide bonds. The number of hydrogen-bond donors (Lipinski definition) is 1. The molecule has 0 spiro atoms. The van der Waals surface area contributed by atoms with Gasteiger partial charge in [-0.05, 0) is 13.0 Å². The van der Waals surface area contributed by atoms with Crippen LogP contribution in [-0.2, 0) is 13.1 Å². The van der Waals surface area contributed by atoms with Gasteiger partial charge in [-0.25, -0.2) is 0 Å². The lowest BCUT2D eigenvalue weighted by Gasteiger charge is -2.14. The SMILES string of the molecule is CC(Cn1cccn1)NCc1cccc([N+](=O)[O-])c1F. The van der Waals surface area contributed by atoms with E-state index in [2.05, 4.69) is 10.4 Å². The van der Waals surface area contributed by atoms with Crippen LogP contribution in [0.15, 0.2) is 36.7 Å². The Balaban J connectivity index is 1.97. The van der Waals surface area contributed by atoms with Gasteiger partial charge >= 0.3 is 5.69 Å². The van der Waals surface area contributed by atoms with Gasteiger partial charge in [0.1, 0.15) is 0 Å². The molecule has 1 aromatic heterocycles. The summed E-state index contributed by atoms with van der Waals surface area (Å²) in [5.41, 5.74) is -0.212. The molecule has 20 heavy (non-hydrogen) atoms. The first-order valence-corrected chi connectivity index (χ1v) is 6.20. The lowest BCUT2D eigenvalue weighted by Crippen LogP contribution is -2.30. The zero-order valence-electron chi connectivity index (χ0n) is 11.0. The van der Waals surface area contributed by atoms with Gasteiger partial charge in [0.15, 0.2) is 0 Å². The Morgan fingerprint density at radius 3 is 2.95 bits per heavy atom. The number of aromatic nitrogens is 2. The van der Waals surface area contributed by atoms with Crippen LogP contribution in [0.25, 0.3) is 0 Å². The minimum atomic E-state index is -0.781. The van der Waals surface area contributed by atoms with Crippen molar-refractivity contribution in [3.05, 3.63) is 58.2 Å². The average Bonchev–Trinajstić information content (AvgIpc) is 2.90. The number of benzene rings is 1. The number of nitrogens with one attached hydrogen (secondary N) is 1. The molecule has 0 fully saturated rings. The summed E-state index contributed by atoms with van der Waals surface area (Å²) in [5, 5.41) is 17.9. The second-order valence-electron chi connectivity index (χ2n) is 4.52. The van der Waals surface area contributed by atoms with Crippen LogP contribution in [0.3, 0.4) is 0 Å². The van der Waals surface area contributed by atoms with E-state index < -0.39 is 16.4 Å². The number of nitrogens with zero attached hydrogens (tertiary/aromatic N) is 3. The molecular weight excluding hydrogens is 263 g/mol. The van der Waals surface area contributed by atoms with Gasteiger partial charge in [0.2, 0.25) is 5.82 Å². The Morgan fingerprint density at radius 1 is 1.50 bits per heavy atom. The number of nitro groups is 1. The summed E-state index contributed by atoms with van der Waals surface area (Å²) in [4.78, 5) is 9.94. The third-order valence-corrected chi connectivity index (χ3v) is 2.92. The highest BCUT2D eigenvalue weighted by atomic mass is 19.1. The fraction of sp³-hybridized carbons (Fsp3) is 0.308. The summed E-state index contributed by atoms with van der Waals surface area (Å²) < 4.78 is 15.6. The van der Waals surface area contributed by atoms with Crippen LogP contribution in [-0.4, -0.2) is 20.7 Å². The Hall–Kier alpha value is -2.28. The first-order valence-electron chi connectivity index (χ1n) is 6.20. The molecule has 106 valence electrons. The monoisotopic (exact) mass is 278 g/mol. The molecule has 1 aromatic carbocycles. The van der Waals surface area contributed by atoms with E-state index in [0.29, 0.717) is 6.54 Å². The molecule has 1 atom stereocenters. The van der Waals surface area contributed by atoms with Crippen molar-refractivity contribution in [2.24, 2.45) is 0 Å². The van der Waals surface area contributed by atoms with E-state index in [0.717, 1.165) is 6.07 Å². The maximum Gasteiger partial charge on any atom is 0.305 e. The van der Waals surface area contributed by atoms with Gasteiger partial charge in [-0.3, -0.25) is 14.8 Å². The molecule has 1 heterocycles. The van der Waals surface area contributed by atoms with Gasteiger partial charge in [0.25, 0.3) is 0 Å². The minimum Gasteiger partial charge on any atom is -0.308 e. The standard InChI is InChI=1S/C13H15FN4O2/c1-10(9-17-7-3-6-16-17)15-8-11-4-2-5-12(13(11)14)18(19)20/h2-7,10,15H,8-9H2,1H3. The molecule has 1 N–H and O–H groups in total. The van der Waals surface area contributed by atoms with Crippen LogP contribution >= 0.6 is 0 Å². The number of hydrogen-bond acceptors (Lipinski definition) is 4. The lowest BCUT2D eigenvalue weighted by atomic mass is 10.1. The largest absolute Gasteiger partial charge is 0.308 e. The second-order valence-corrected chi connectivity index (χ2v) is 4.52. The Morgan fingerprint density at radius 2 is 2.30 bits per heavy atom. The summed E-state index contributed by atoms with van der Waals surface area (Å²) in [6.07, 6.45) is 3.53. The van der Waals surface area contributed by atoms with Crippen molar-refractivity contribution in [3.63, 3.8) is 0 Å². The average molecular weight is 278 g/mol. The first-order chi connectivity index (χ1) is 9.58.